The van der Waals surface area contributed by atoms with E-state index in [0.717, 1.165) is 12.5 Å². The van der Waals surface area contributed by atoms with Gasteiger partial charge in [0.2, 0.25) is 0 Å². The first-order valence-corrected chi connectivity index (χ1v) is 11.1. The zero-order valence-electron chi connectivity index (χ0n) is 18.5. The monoisotopic (exact) mass is 428 g/mol. The fourth-order valence-electron chi connectivity index (χ4n) is 4.61. The molecule has 0 radical (unpaired) electrons. The van der Waals surface area contributed by atoms with Crippen LogP contribution in [0.15, 0.2) is 60.9 Å². The Balaban J connectivity index is 1.32. The van der Waals surface area contributed by atoms with Gasteiger partial charge in [0, 0.05) is 37.7 Å². The van der Waals surface area contributed by atoms with Crippen LogP contribution in [0.3, 0.4) is 0 Å². The molecule has 2 aromatic carbocycles. The number of carboxylic acids is 1. The third kappa shape index (κ3) is 3.94. The fourth-order valence-corrected chi connectivity index (χ4v) is 4.61. The number of fused-ring (bicyclic) bond motifs is 1. The van der Waals surface area contributed by atoms with Crippen molar-refractivity contribution in [2.75, 3.05) is 30.9 Å². The number of carbonyl (C=O) groups is 1. The summed E-state index contributed by atoms with van der Waals surface area (Å²) < 4.78 is 0. The number of nitrogens with one attached hydrogen (secondary N) is 1. The molecule has 1 atom stereocenters. The third-order valence-corrected chi connectivity index (χ3v) is 6.69. The Kier molecular flexibility index (Phi) is 5.31. The van der Waals surface area contributed by atoms with Gasteiger partial charge in [-0.3, -0.25) is 9.88 Å². The van der Waals surface area contributed by atoms with Crippen molar-refractivity contribution in [1.29, 1.82) is 0 Å². The number of carboxylic acid groups (broad SMARTS) is 1. The van der Waals surface area contributed by atoms with Crippen LogP contribution in [-0.4, -0.2) is 41.6 Å². The first-order valence-electron chi connectivity index (χ1n) is 11.1. The molecule has 1 aliphatic carbocycles. The normalized spacial score (nSPS) is 17.8. The van der Waals surface area contributed by atoms with E-state index in [9.17, 15) is 9.90 Å². The average Bonchev–Trinajstić information content (AvgIpc) is 3.60. The number of hydrogen-bond donors (Lipinski definition) is 2. The lowest BCUT2D eigenvalue weighted by Crippen LogP contribution is -2.24. The molecule has 1 saturated carbocycles. The molecule has 6 nitrogen and oxygen atoms in total. The number of likely N-dealkylation sites (N-methyl/N-ethyl adjacent to an activating group) is 1. The molecular weight excluding hydrogens is 400 g/mol. The van der Waals surface area contributed by atoms with E-state index in [2.05, 4.69) is 76.7 Å². The van der Waals surface area contributed by atoms with Gasteiger partial charge in [0.1, 0.15) is 0 Å². The summed E-state index contributed by atoms with van der Waals surface area (Å²) in [6, 6.07) is 17.3. The van der Waals surface area contributed by atoms with E-state index in [1.807, 2.05) is 0 Å². The van der Waals surface area contributed by atoms with Crippen molar-refractivity contribution in [1.82, 2.24) is 9.88 Å². The first-order chi connectivity index (χ1) is 15.5. The summed E-state index contributed by atoms with van der Waals surface area (Å²) in [5, 5.41) is 12.7. The van der Waals surface area contributed by atoms with Crippen LogP contribution in [0.4, 0.5) is 17.1 Å². The summed E-state index contributed by atoms with van der Waals surface area (Å²) in [6.07, 6.45) is 5.72. The fraction of sp³-hybridized carbons (Fsp3) is 0.308. The van der Waals surface area contributed by atoms with E-state index < -0.39 is 5.97 Å². The molecule has 3 aromatic rings. The Labute approximate surface area is 188 Å². The van der Waals surface area contributed by atoms with Crippen molar-refractivity contribution < 1.29 is 9.90 Å². The number of pyridine rings is 1. The standard InChI is InChI=1S/C26H28N4O2/c1-29-16-19-13-21(30(2)20-7-5-18(6-8-20)17-3-4-17)9-10-22(19)25(29)15-28-24-14-27-12-11-23(24)26(31)32/h5-14,17,25,28H,3-4,15-16H2,1-2H3,(H,31,32)/t25-/m1/s1. The summed E-state index contributed by atoms with van der Waals surface area (Å²) in [6.45, 7) is 1.48. The third-order valence-electron chi connectivity index (χ3n) is 6.69. The second-order valence-corrected chi connectivity index (χ2v) is 8.85. The minimum Gasteiger partial charge on any atom is -0.478 e. The largest absolute Gasteiger partial charge is 0.478 e. The Bertz CT molecular complexity index is 1140. The number of anilines is 3. The lowest BCUT2D eigenvalue weighted by molar-refractivity contribution is 0.0697. The van der Waals surface area contributed by atoms with Crippen LogP contribution in [-0.2, 0) is 6.54 Å². The molecule has 0 amide bonds. The SMILES string of the molecule is CN(c1ccc(C2CC2)cc1)c1ccc2c(c1)CN(C)[C@@H]2CNc1cnccc1C(=O)O. The highest BCUT2D eigenvalue weighted by molar-refractivity contribution is 5.93. The van der Waals surface area contributed by atoms with Crippen LogP contribution < -0.4 is 10.2 Å². The molecule has 2 aliphatic rings. The van der Waals surface area contributed by atoms with E-state index in [-0.39, 0.29) is 11.6 Å². The molecule has 0 unspecified atom stereocenters. The molecule has 164 valence electrons. The molecule has 1 aromatic heterocycles. The van der Waals surface area contributed by atoms with Crippen molar-refractivity contribution in [2.45, 2.75) is 31.3 Å². The Morgan fingerprint density at radius 2 is 1.91 bits per heavy atom. The van der Waals surface area contributed by atoms with Gasteiger partial charge in [0.25, 0.3) is 0 Å². The quantitative estimate of drug-likeness (QED) is 0.551. The van der Waals surface area contributed by atoms with Crippen molar-refractivity contribution in [3.05, 3.63) is 83.2 Å². The number of hydrogen-bond acceptors (Lipinski definition) is 5. The Morgan fingerprint density at radius 3 is 2.62 bits per heavy atom. The zero-order valence-corrected chi connectivity index (χ0v) is 18.5. The summed E-state index contributed by atoms with van der Waals surface area (Å²) in [4.78, 5) is 20.1. The van der Waals surface area contributed by atoms with Crippen LogP contribution in [0.1, 0.15) is 51.8 Å². The van der Waals surface area contributed by atoms with E-state index in [4.69, 9.17) is 0 Å². The topological polar surface area (TPSA) is 68.7 Å². The van der Waals surface area contributed by atoms with Crippen molar-refractivity contribution in [3.63, 3.8) is 0 Å². The highest BCUT2D eigenvalue weighted by atomic mass is 16.4. The van der Waals surface area contributed by atoms with E-state index >= 15 is 0 Å². The lowest BCUT2D eigenvalue weighted by atomic mass is 10.0. The minimum atomic E-state index is -0.951. The Morgan fingerprint density at radius 1 is 1.16 bits per heavy atom. The van der Waals surface area contributed by atoms with Crippen molar-refractivity contribution in [2.24, 2.45) is 0 Å². The number of nitrogens with zero attached hydrogens (tertiary/aromatic N) is 3. The van der Waals surface area contributed by atoms with Gasteiger partial charge in [-0.1, -0.05) is 18.2 Å². The highest BCUT2D eigenvalue weighted by Crippen LogP contribution is 2.41. The molecule has 2 heterocycles. The van der Waals surface area contributed by atoms with Gasteiger partial charge in [-0.2, -0.15) is 0 Å². The van der Waals surface area contributed by atoms with Crippen LogP contribution >= 0.6 is 0 Å². The summed E-state index contributed by atoms with van der Waals surface area (Å²) >= 11 is 0. The van der Waals surface area contributed by atoms with Crippen molar-refractivity contribution in [3.8, 4) is 0 Å². The molecule has 32 heavy (non-hydrogen) atoms. The van der Waals surface area contributed by atoms with Crippen LogP contribution in [0.2, 0.25) is 0 Å². The number of benzene rings is 2. The van der Waals surface area contributed by atoms with E-state index in [1.54, 1.807) is 6.20 Å². The van der Waals surface area contributed by atoms with Gasteiger partial charge in [-0.25, -0.2) is 4.79 Å². The lowest BCUT2D eigenvalue weighted by Gasteiger charge is -2.22. The molecule has 6 heteroatoms. The second kappa shape index (κ2) is 8.28. The second-order valence-electron chi connectivity index (χ2n) is 8.85. The van der Waals surface area contributed by atoms with Crippen LogP contribution in [0.25, 0.3) is 0 Å². The summed E-state index contributed by atoms with van der Waals surface area (Å²) in [7, 11) is 4.22. The molecule has 5 rings (SSSR count). The van der Waals surface area contributed by atoms with Gasteiger partial charge in [-0.15, -0.1) is 0 Å². The molecular formula is C26H28N4O2. The number of aromatic nitrogens is 1. The number of rotatable bonds is 7. The molecule has 1 aliphatic heterocycles. The van der Waals surface area contributed by atoms with Gasteiger partial charge >= 0.3 is 5.97 Å². The van der Waals surface area contributed by atoms with E-state index in [1.165, 1.54) is 53.2 Å². The average molecular weight is 429 g/mol. The Hall–Kier alpha value is -3.38. The molecule has 0 spiro atoms. The van der Waals surface area contributed by atoms with Gasteiger partial charge in [-0.05, 0) is 72.8 Å². The van der Waals surface area contributed by atoms with Crippen molar-refractivity contribution >= 4 is 23.0 Å². The maximum Gasteiger partial charge on any atom is 0.337 e. The van der Waals surface area contributed by atoms with Crippen LogP contribution in [0, 0.1) is 0 Å². The predicted molar refractivity (Wildman–Crippen MR) is 127 cm³/mol. The summed E-state index contributed by atoms with van der Waals surface area (Å²) in [5.41, 5.74) is 7.19. The van der Waals surface area contributed by atoms with E-state index in [0.29, 0.717) is 12.2 Å². The molecule has 0 saturated heterocycles. The number of aromatic carboxylic acids is 1. The smallest absolute Gasteiger partial charge is 0.337 e. The summed E-state index contributed by atoms with van der Waals surface area (Å²) in [5.74, 6) is -0.179. The van der Waals surface area contributed by atoms with Gasteiger partial charge < -0.3 is 15.3 Å². The predicted octanol–water partition coefficient (Wildman–Crippen LogP) is 5.02. The molecule has 0 bridgehead atoms. The minimum absolute atomic E-state index is 0.170. The van der Waals surface area contributed by atoms with Gasteiger partial charge in [0.15, 0.2) is 0 Å². The maximum absolute atomic E-state index is 11.5. The maximum atomic E-state index is 11.5. The highest BCUT2D eigenvalue weighted by Gasteiger charge is 2.28. The molecule has 1 fully saturated rings. The van der Waals surface area contributed by atoms with Crippen LogP contribution in [0.5, 0.6) is 0 Å². The van der Waals surface area contributed by atoms with Gasteiger partial charge in [0.05, 0.1) is 23.5 Å². The first kappa shape index (κ1) is 20.5. The zero-order chi connectivity index (χ0) is 22.2. The molecule has 2 N–H and O–H groups in total.